The molecule has 0 amide bonds. The van der Waals surface area contributed by atoms with Crippen molar-refractivity contribution in [1.29, 1.82) is 0 Å². The van der Waals surface area contributed by atoms with Gasteiger partial charge in [0.15, 0.2) is 0 Å². The van der Waals surface area contributed by atoms with E-state index in [-0.39, 0.29) is 11.6 Å². The first-order valence-corrected chi connectivity index (χ1v) is 5.55. The summed E-state index contributed by atoms with van der Waals surface area (Å²) in [5.41, 5.74) is 1.07. The Morgan fingerprint density at radius 3 is 2.65 bits per heavy atom. The number of hydrogen-bond donors (Lipinski definition) is 1. The number of benzene rings is 1. The second kappa shape index (κ2) is 5.41. The van der Waals surface area contributed by atoms with E-state index >= 15 is 0 Å². The van der Waals surface area contributed by atoms with Crippen LogP contribution >= 0.6 is 0 Å². The van der Waals surface area contributed by atoms with E-state index in [9.17, 15) is 4.79 Å². The van der Waals surface area contributed by atoms with Gasteiger partial charge in [-0.1, -0.05) is 30.3 Å². The summed E-state index contributed by atoms with van der Waals surface area (Å²) in [6.45, 7) is 0.528. The first-order valence-electron chi connectivity index (χ1n) is 5.55. The number of nitrogens with one attached hydrogen (secondary N) is 1. The predicted octanol–water partition coefficient (Wildman–Crippen LogP) is 1.20. The molecule has 88 valence electrons. The van der Waals surface area contributed by atoms with Crippen LogP contribution in [0.1, 0.15) is 11.6 Å². The van der Waals surface area contributed by atoms with Crippen LogP contribution in [0.5, 0.6) is 0 Å². The first-order chi connectivity index (χ1) is 8.31. The molecule has 1 unspecified atom stereocenters. The smallest absolute Gasteiger partial charge is 0.266 e. The fourth-order valence-corrected chi connectivity index (χ4v) is 1.75. The van der Waals surface area contributed by atoms with Crippen molar-refractivity contribution in [3.63, 3.8) is 0 Å². The second-order valence-corrected chi connectivity index (χ2v) is 3.80. The molecule has 0 spiro atoms. The van der Waals surface area contributed by atoms with Gasteiger partial charge in [0.05, 0.1) is 12.6 Å². The van der Waals surface area contributed by atoms with Crippen molar-refractivity contribution in [2.45, 2.75) is 12.6 Å². The van der Waals surface area contributed by atoms with E-state index in [0.29, 0.717) is 6.54 Å². The Morgan fingerprint density at radius 1 is 1.24 bits per heavy atom. The molecule has 2 aromatic rings. The fourth-order valence-electron chi connectivity index (χ4n) is 1.75. The monoisotopic (exact) mass is 229 g/mol. The van der Waals surface area contributed by atoms with Gasteiger partial charge in [-0.3, -0.25) is 4.79 Å². The van der Waals surface area contributed by atoms with Crippen molar-refractivity contribution in [3.8, 4) is 0 Å². The molecule has 1 aromatic carbocycles. The molecule has 1 N–H and O–H groups in total. The molecule has 2 rings (SSSR count). The van der Waals surface area contributed by atoms with Gasteiger partial charge in [0.25, 0.3) is 5.56 Å². The van der Waals surface area contributed by atoms with E-state index in [1.807, 2.05) is 37.4 Å². The van der Waals surface area contributed by atoms with E-state index in [4.69, 9.17) is 0 Å². The minimum atomic E-state index is -0.0799. The van der Waals surface area contributed by atoms with Gasteiger partial charge in [-0.05, 0) is 18.7 Å². The molecular weight excluding hydrogens is 214 g/mol. The standard InChI is InChI=1S/C13H15N3O/c1-14-12(11-6-3-2-4-7-11)10-16-13(17)8-5-9-15-16/h2-9,12,14H,10H2,1H3. The van der Waals surface area contributed by atoms with E-state index in [0.717, 1.165) is 5.56 Å². The second-order valence-electron chi connectivity index (χ2n) is 3.80. The molecule has 1 heterocycles. The first kappa shape index (κ1) is 11.5. The number of aromatic nitrogens is 2. The average Bonchev–Trinajstić information content (AvgIpc) is 2.39. The number of nitrogens with zero attached hydrogens (tertiary/aromatic N) is 2. The summed E-state index contributed by atoms with van der Waals surface area (Å²) in [6, 6.07) is 13.3. The normalized spacial score (nSPS) is 12.3. The van der Waals surface area contributed by atoms with E-state index in [2.05, 4.69) is 10.4 Å². The molecule has 0 saturated heterocycles. The number of rotatable bonds is 4. The molecule has 1 atom stereocenters. The Labute approximate surface area is 99.9 Å². The van der Waals surface area contributed by atoms with E-state index in [1.54, 1.807) is 12.3 Å². The van der Waals surface area contributed by atoms with Crippen molar-refractivity contribution < 1.29 is 0 Å². The Hall–Kier alpha value is -1.94. The molecule has 0 fully saturated rings. The molecule has 0 aliphatic carbocycles. The lowest BCUT2D eigenvalue weighted by atomic mass is 10.1. The lowest BCUT2D eigenvalue weighted by Gasteiger charge is -2.16. The lowest BCUT2D eigenvalue weighted by molar-refractivity contribution is 0.452. The maximum absolute atomic E-state index is 11.6. The van der Waals surface area contributed by atoms with Gasteiger partial charge in [0.1, 0.15) is 0 Å². The van der Waals surface area contributed by atoms with Crippen molar-refractivity contribution in [3.05, 3.63) is 64.6 Å². The highest BCUT2D eigenvalue weighted by atomic mass is 16.1. The number of likely N-dealkylation sites (N-methyl/N-ethyl adjacent to an activating group) is 1. The molecule has 1 aromatic heterocycles. The fraction of sp³-hybridized carbons (Fsp3) is 0.231. The van der Waals surface area contributed by atoms with Gasteiger partial charge in [-0.25, -0.2) is 4.68 Å². The topological polar surface area (TPSA) is 46.9 Å². The summed E-state index contributed by atoms with van der Waals surface area (Å²) in [4.78, 5) is 11.6. The molecule has 0 bridgehead atoms. The summed E-state index contributed by atoms with van der Waals surface area (Å²) in [7, 11) is 1.88. The molecule has 4 nitrogen and oxygen atoms in total. The van der Waals surface area contributed by atoms with Crippen LogP contribution in [0, 0.1) is 0 Å². The zero-order chi connectivity index (χ0) is 12.1. The minimum Gasteiger partial charge on any atom is -0.311 e. The Balaban J connectivity index is 2.22. The van der Waals surface area contributed by atoms with Crippen LogP contribution in [0.2, 0.25) is 0 Å². The van der Waals surface area contributed by atoms with Crippen LogP contribution in [0.4, 0.5) is 0 Å². The van der Waals surface area contributed by atoms with Crippen LogP contribution < -0.4 is 10.9 Å². The third kappa shape index (κ3) is 2.79. The maximum atomic E-state index is 11.6. The van der Waals surface area contributed by atoms with Crippen molar-refractivity contribution in [1.82, 2.24) is 15.1 Å². The van der Waals surface area contributed by atoms with Gasteiger partial charge in [-0.2, -0.15) is 5.10 Å². The third-order valence-electron chi connectivity index (χ3n) is 2.69. The van der Waals surface area contributed by atoms with E-state index in [1.165, 1.54) is 10.7 Å². The Kier molecular flexibility index (Phi) is 3.67. The lowest BCUT2D eigenvalue weighted by Crippen LogP contribution is -2.29. The predicted molar refractivity (Wildman–Crippen MR) is 66.7 cm³/mol. The summed E-state index contributed by atoms with van der Waals surface area (Å²) < 4.78 is 1.47. The quantitative estimate of drug-likeness (QED) is 0.857. The van der Waals surface area contributed by atoms with Gasteiger partial charge in [0.2, 0.25) is 0 Å². The molecule has 0 saturated carbocycles. The molecule has 0 aliphatic rings. The van der Waals surface area contributed by atoms with Crippen LogP contribution in [0.3, 0.4) is 0 Å². The SMILES string of the molecule is CNC(Cn1ncccc1=O)c1ccccc1. The van der Waals surface area contributed by atoms with Crippen LogP contribution in [-0.2, 0) is 6.54 Å². The minimum absolute atomic E-state index is 0.0799. The van der Waals surface area contributed by atoms with Crippen molar-refractivity contribution in [2.75, 3.05) is 7.05 Å². The van der Waals surface area contributed by atoms with Gasteiger partial charge in [-0.15, -0.1) is 0 Å². The Morgan fingerprint density at radius 2 is 2.00 bits per heavy atom. The largest absolute Gasteiger partial charge is 0.311 e. The molecule has 4 heteroatoms. The van der Waals surface area contributed by atoms with E-state index < -0.39 is 0 Å². The van der Waals surface area contributed by atoms with Gasteiger partial charge < -0.3 is 5.32 Å². The molecular formula is C13H15N3O. The van der Waals surface area contributed by atoms with Crippen LogP contribution in [0.15, 0.2) is 53.5 Å². The maximum Gasteiger partial charge on any atom is 0.266 e. The van der Waals surface area contributed by atoms with Gasteiger partial charge >= 0.3 is 0 Å². The highest BCUT2D eigenvalue weighted by Gasteiger charge is 2.10. The zero-order valence-corrected chi connectivity index (χ0v) is 9.71. The Bertz CT molecular complexity index is 521. The third-order valence-corrected chi connectivity index (χ3v) is 2.69. The van der Waals surface area contributed by atoms with Crippen LogP contribution in [-0.4, -0.2) is 16.8 Å². The molecule has 0 aliphatic heterocycles. The zero-order valence-electron chi connectivity index (χ0n) is 9.71. The van der Waals surface area contributed by atoms with Crippen molar-refractivity contribution in [2.24, 2.45) is 0 Å². The van der Waals surface area contributed by atoms with Crippen LogP contribution in [0.25, 0.3) is 0 Å². The summed E-state index contributed by atoms with van der Waals surface area (Å²) >= 11 is 0. The summed E-state index contributed by atoms with van der Waals surface area (Å²) in [5, 5.41) is 7.25. The molecule has 0 radical (unpaired) electrons. The van der Waals surface area contributed by atoms with Gasteiger partial charge in [0, 0.05) is 12.3 Å². The summed E-state index contributed by atoms with van der Waals surface area (Å²) in [5.74, 6) is 0. The highest BCUT2D eigenvalue weighted by molar-refractivity contribution is 5.18. The molecule has 17 heavy (non-hydrogen) atoms. The van der Waals surface area contributed by atoms with Crippen molar-refractivity contribution >= 4 is 0 Å². The average molecular weight is 229 g/mol. The number of hydrogen-bond acceptors (Lipinski definition) is 3. The highest BCUT2D eigenvalue weighted by Crippen LogP contribution is 2.12. The summed E-state index contributed by atoms with van der Waals surface area (Å²) in [6.07, 6.45) is 1.62.